The van der Waals surface area contributed by atoms with Crippen LogP contribution in [-0.2, 0) is 0 Å². The monoisotopic (exact) mass is 575 g/mol. The second-order valence-electron chi connectivity index (χ2n) is 11.7. The van der Waals surface area contributed by atoms with E-state index in [1.165, 1.54) is 5.39 Å². The maximum atomic E-state index is 8.99. The van der Waals surface area contributed by atoms with Gasteiger partial charge in [0.05, 0.1) is 6.85 Å². The standard InChI is InChI=1S/C44H26O/c1-2-11-28(12-3-1)43-35-18-8-16-33(39(35)26-38-31-14-6-4-10-27(31)20-22-37(38)43)30-21-23-41-40(24-30)36-19-9-17-34-32-15-7-5-13-29(32)25-42(45-41)44(34)36/h1-26H/i1D,2D,3D,11D,12D. The molecule has 0 aromatic heterocycles. The summed E-state index contributed by atoms with van der Waals surface area (Å²) in [5, 5.41) is 10.2. The number of hydrogen-bond donors (Lipinski definition) is 0. The number of ether oxygens (including phenoxy) is 1. The van der Waals surface area contributed by atoms with Gasteiger partial charge in [0.2, 0.25) is 0 Å². The van der Waals surface area contributed by atoms with Crippen LogP contribution in [0.3, 0.4) is 0 Å². The third-order valence-corrected chi connectivity index (χ3v) is 9.30. The Morgan fingerprint density at radius 2 is 1.11 bits per heavy atom. The van der Waals surface area contributed by atoms with E-state index in [-0.39, 0.29) is 29.7 Å². The third-order valence-electron chi connectivity index (χ3n) is 9.30. The van der Waals surface area contributed by atoms with Gasteiger partial charge in [0.25, 0.3) is 0 Å². The van der Waals surface area contributed by atoms with Crippen molar-refractivity contribution in [3.05, 3.63) is 158 Å². The number of fused-ring (bicyclic) bond motifs is 8. The maximum absolute atomic E-state index is 8.99. The average molecular weight is 576 g/mol. The summed E-state index contributed by atoms with van der Waals surface area (Å²) in [6.07, 6.45) is 0. The summed E-state index contributed by atoms with van der Waals surface area (Å²) in [6.45, 7) is 0. The molecule has 45 heavy (non-hydrogen) atoms. The van der Waals surface area contributed by atoms with Crippen LogP contribution in [0.1, 0.15) is 6.85 Å². The van der Waals surface area contributed by atoms with Crippen molar-refractivity contribution in [3.8, 4) is 44.9 Å². The Kier molecular flexibility index (Phi) is 4.15. The molecule has 0 unspecified atom stereocenters. The van der Waals surface area contributed by atoms with Gasteiger partial charge in [0, 0.05) is 10.9 Å². The summed E-state index contributed by atoms with van der Waals surface area (Å²) in [4.78, 5) is 0. The molecule has 0 radical (unpaired) electrons. The highest BCUT2D eigenvalue weighted by Gasteiger charge is 2.23. The van der Waals surface area contributed by atoms with Crippen molar-refractivity contribution in [2.24, 2.45) is 0 Å². The fourth-order valence-electron chi connectivity index (χ4n) is 7.34. The SMILES string of the molecule is [2H]c1c([2H])c([2H])c(-c2c3cccc(-c4ccc5c(c4)-c4cccc6c4c(cc4ccccc46)O5)c3cc3c2ccc2ccccc23)c([2H])c1[2H]. The minimum absolute atomic E-state index is 0.202. The highest BCUT2D eigenvalue weighted by atomic mass is 16.5. The molecule has 0 spiro atoms. The first-order valence-corrected chi connectivity index (χ1v) is 15.1. The first kappa shape index (κ1) is 20.1. The second-order valence-corrected chi connectivity index (χ2v) is 11.7. The van der Waals surface area contributed by atoms with Gasteiger partial charge in [-0.3, -0.25) is 0 Å². The van der Waals surface area contributed by atoms with E-state index in [9.17, 15) is 0 Å². The van der Waals surface area contributed by atoms with Crippen molar-refractivity contribution >= 4 is 53.9 Å². The summed E-state index contributed by atoms with van der Waals surface area (Å²) in [6, 6.07) is 42.2. The lowest BCUT2D eigenvalue weighted by molar-refractivity contribution is 0.488. The van der Waals surface area contributed by atoms with Gasteiger partial charge in [0.1, 0.15) is 11.5 Å². The molecule has 0 aliphatic carbocycles. The Labute approximate surface area is 267 Å². The van der Waals surface area contributed by atoms with Gasteiger partial charge in [0.15, 0.2) is 0 Å². The molecule has 10 rings (SSSR count). The van der Waals surface area contributed by atoms with E-state index < -0.39 is 6.04 Å². The van der Waals surface area contributed by atoms with Gasteiger partial charge >= 0.3 is 0 Å². The normalized spacial score (nSPS) is 13.7. The predicted molar refractivity (Wildman–Crippen MR) is 190 cm³/mol. The van der Waals surface area contributed by atoms with Crippen LogP contribution in [0, 0.1) is 0 Å². The van der Waals surface area contributed by atoms with Crippen LogP contribution >= 0.6 is 0 Å². The third kappa shape index (κ3) is 3.56. The van der Waals surface area contributed by atoms with Gasteiger partial charge in [-0.1, -0.05) is 133 Å². The Bertz CT molecular complexity index is 2940. The van der Waals surface area contributed by atoms with Gasteiger partial charge in [-0.05, 0) is 101 Å². The molecule has 1 heteroatoms. The van der Waals surface area contributed by atoms with E-state index in [2.05, 4.69) is 78.9 Å². The van der Waals surface area contributed by atoms with Gasteiger partial charge < -0.3 is 4.74 Å². The Morgan fingerprint density at radius 3 is 1.98 bits per heavy atom. The van der Waals surface area contributed by atoms with E-state index in [0.29, 0.717) is 5.56 Å². The van der Waals surface area contributed by atoms with E-state index in [1.807, 2.05) is 48.5 Å². The van der Waals surface area contributed by atoms with Crippen LogP contribution in [0.5, 0.6) is 11.5 Å². The van der Waals surface area contributed by atoms with Crippen LogP contribution in [-0.4, -0.2) is 0 Å². The fraction of sp³-hybridized carbons (Fsp3) is 0. The fourth-order valence-corrected chi connectivity index (χ4v) is 7.34. The van der Waals surface area contributed by atoms with E-state index in [0.717, 1.165) is 82.2 Å². The van der Waals surface area contributed by atoms with Crippen molar-refractivity contribution in [1.29, 1.82) is 0 Å². The molecule has 0 saturated heterocycles. The summed E-state index contributed by atoms with van der Waals surface area (Å²) in [5.74, 6) is 1.64. The van der Waals surface area contributed by atoms with Crippen LogP contribution in [0.4, 0.5) is 0 Å². The van der Waals surface area contributed by atoms with Crippen LogP contribution in [0.15, 0.2) is 158 Å². The van der Waals surface area contributed by atoms with Crippen LogP contribution < -0.4 is 4.74 Å². The molecule has 0 amide bonds. The highest BCUT2D eigenvalue weighted by Crippen LogP contribution is 2.50. The van der Waals surface area contributed by atoms with Gasteiger partial charge in [-0.2, -0.15) is 0 Å². The van der Waals surface area contributed by atoms with Crippen molar-refractivity contribution in [3.63, 3.8) is 0 Å². The minimum atomic E-state index is -0.402. The smallest absolute Gasteiger partial charge is 0.136 e. The summed E-state index contributed by atoms with van der Waals surface area (Å²) < 4.78 is 49.9. The van der Waals surface area contributed by atoms with E-state index in [4.69, 9.17) is 11.6 Å². The summed E-state index contributed by atoms with van der Waals surface area (Å²) >= 11 is 0. The quantitative estimate of drug-likeness (QED) is 0.147. The molecule has 1 heterocycles. The Morgan fingerprint density at radius 1 is 0.400 bits per heavy atom. The molecule has 208 valence electrons. The number of benzene rings is 9. The zero-order valence-corrected chi connectivity index (χ0v) is 24.0. The van der Waals surface area contributed by atoms with Crippen LogP contribution in [0.2, 0.25) is 0 Å². The lowest BCUT2D eigenvalue weighted by atomic mass is 9.86. The second kappa shape index (κ2) is 9.29. The molecule has 1 aliphatic heterocycles. The molecule has 0 bridgehead atoms. The van der Waals surface area contributed by atoms with E-state index >= 15 is 0 Å². The minimum Gasteiger partial charge on any atom is -0.456 e. The average Bonchev–Trinajstić information content (AvgIpc) is 3.16. The molecule has 9 aromatic carbocycles. The van der Waals surface area contributed by atoms with Crippen LogP contribution in [0.25, 0.3) is 87.2 Å². The molecule has 0 atom stereocenters. The molecule has 0 fully saturated rings. The zero-order valence-electron chi connectivity index (χ0n) is 29.0. The van der Waals surface area contributed by atoms with Crippen molar-refractivity contribution in [2.75, 3.05) is 0 Å². The summed E-state index contributed by atoms with van der Waals surface area (Å²) in [7, 11) is 0. The number of hydrogen-bond acceptors (Lipinski definition) is 1. The van der Waals surface area contributed by atoms with Crippen molar-refractivity contribution in [1.82, 2.24) is 0 Å². The molecular weight excluding hydrogens is 544 g/mol. The zero-order chi connectivity index (χ0) is 33.8. The first-order valence-electron chi connectivity index (χ1n) is 17.6. The number of rotatable bonds is 2. The molecular formula is C44H26O. The predicted octanol–water partition coefficient (Wildman–Crippen LogP) is 12.6. The topological polar surface area (TPSA) is 9.23 Å². The highest BCUT2D eigenvalue weighted by molar-refractivity contribution is 6.22. The molecule has 1 nitrogen and oxygen atoms in total. The van der Waals surface area contributed by atoms with Crippen molar-refractivity contribution in [2.45, 2.75) is 0 Å². The maximum Gasteiger partial charge on any atom is 0.136 e. The Balaban J connectivity index is 1.29. The molecule has 0 N–H and O–H groups in total. The molecule has 1 aliphatic rings. The van der Waals surface area contributed by atoms with Gasteiger partial charge in [-0.15, -0.1) is 0 Å². The molecule has 9 aromatic rings. The lowest BCUT2D eigenvalue weighted by Gasteiger charge is -2.23. The lowest BCUT2D eigenvalue weighted by Crippen LogP contribution is -1.98. The molecule has 0 saturated carbocycles. The van der Waals surface area contributed by atoms with Crippen molar-refractivity contribution < 1.29 is 11.6 Å². The van der Waals surface area contributed by atoms with Gasteiger partial charge in [-0.25, -0.2) is 0 Å². The first-order chi connectivity index (χ1) is 24.4. The largest absolute Gasteiger partial charge is 0.456 e. The van der Waals surface area contributed by atoms with E-state index in [1.54, 1.807) is 0 Å². The summed E-state index contributed by atoms with van der Waals surface area (Å²) in [5.41, 5.74) is 4.92. The Hall–Kier alpha value is -5.92.